The molecule has 0 unspecified atom stereocenters. The van der Waals surface area contributed by atoms with Gasteiger partial charge in [0.2, 0.25) is 5.82 Å². The van der Waals surface area contributed by atoms with Gasteiger partial charge < -0.3 is 5.32 Å². The molecule has 6 nitrogen and oxygen atoms in total. The first-order chi connectivity index (χ1) is 9.33. The third-order valence-electron chi connectivity index (χ3n) is 3.49. The molecule has 1 saturated heterocycles. The summed E-state index contributed by atoms with van der Waals surface area (Å²) in [5.41, 5.74) is 0. The molecule has 1 amide bonds. The van der Waals surface area contributed by atoms with Crippen LogP contribution in [0.5, 0.6) is 0 Å². The lowest BCUT2D eigenvalue weighted by Crippen LogP contribution is -2.39. The molecule has 104 valence electrons. The van der Waals surface area contributed by atoms with E-state index in [1.165, 1.54) is 11.5 Å². The molecular weight excluding hydrogens is 262 g/mol. The highest BCUT2D eigenvalue weighted by molar-refractivity contribution is 7.99. The first-order valence-electron chi connectivity index (χ1n) is 6.83. The molecule has 2 fully saturated rings. The number of thioether (sulfide) groups is 1. The van der Waals surface area contributed by atoms with Gasteiger partial charge in [-0.15, -0.1) is 5.10 Å². The van der Waals surface area contributed by atoms with Crippen molar-refractivity contribution in [2.75, 3.05) is 37.7 Å². The highest BCUT2D eigenvalue weighted by Crippen LogP contribution is 2.37. The average Bonchev–Trinajstić information content (AvgIpc) is 3.17. The van der Waals surface area contributed by atoms with Crippen molar-refractivity contribution in [1.29, 1.82) is 0 Å². The van der Waals surface area contributed by atoms with Crippen LogP contribution in [-0.2, 0) is 0 Å². The first-order valence-corrected chi connectivity index (χ1v) is 7.99. The Morgan fingerprint density at radius 2 is 2.21 bits per heavy atom. The van der Waals surface area contributed by atoms with Gasteiger partial charge in [0, 0.05) is 43.6 Å². The summed E-state index contributed by atoms with van der Waals surface area (Å²) >= 11 is 1.99. The van der Waals surface area contributed by atoms with Crippen molar-refractivity contribution in [3.05, 3.63) is 11.6 Å². The van der Waals surface area contributed by atoms with Crippen LogP contribution in [0, 0.1) is 0 Å². The molecule has 0 bridgehead atoms. The van der Waals surface area contributed by atoms with E-state index >= 15 is 0 Å². The summed E-state index contributed by atoms with van der Waals surface area (Å²) in [7, 11) is 0. The van der Waals surface area contributed by atoms with Crippen LogP contribution < -0.4 is 5.32 Å². The zero-order valence-electron chi connectivity index (χ0n) is 10.9. The molecule has 19 heavy (non-hydrogen) atoms. The maximum Gasteiger partial charge on any atom is 0.291 e. The zero-order valence-corrected chi connectivity index (χ0v) is 11.7. The van der Waals surface area contributed by atoms with Crippen molar-refractivity contribution < 1.29 is 4.79 Å². The molecule has 1 aromatic rings. The monoisotopic (exact) mass is 281 g/mol. The van der Waals surface area contributed by atoms with Crippen molar-refractivity contribution in [2.45, 2.75) is 18.8 Å². The molecule has 1 aliphatic heterocycles. The summed E-state index contributed by atoms with van der Waals surface area (Å²) in [5, 5.41) is 9.72. The maximum absolute atomic E-state index is 11.9. The number of hydrogen-bond donors (Lipinski definition) is 2. The van der Waals surface area contributed by atoms with Crippen molar-refractivity contribution in [3.8, 4) is 0 Å². The fourth-order valence-corrected chi connectivity index (χ4v) is 3.13. The van der Waals surface area contributed by atoms with Crippen LogP contribution >= 0.6 is 11.8 Å². The second-order valence-electron chi connectivity index (χ2n) is 5.03. The zero-order chi connectivity index (χ0) is 13.1. The number of H-pyrrole nitrogens is 1. The SMILES string of the molecule is O=C(NCCN1CCSCC1)c1n[nH]c(C2CC2)n1. The molecule has 0 spiro atoms. The Labute approximate surface area is 116 Å². The number of nitrogens with zero attached hydrogens (tertiary/aromatic N) is 3. The lowest BCUT2D eigenvalue weighted by atomic mass is 10.4. The molecule has 2 N–H and O–H groups in total. The summed E-state index contributed by atoms with van der Waals surface area (Å²) < 4.78 is 0. The number of rotatable bonds is 5. The maximum atomic E-state index is 11.9. The predicted octanol–water partition coefficient (Wildman–Crippen LogP) is 0.461. The number of aromatic nitrogens is 3. The smallest absolute Gasteiger partial charge is 0.291 e. The molecule has 7 heteroatoms. The number of hydrogen-bond acceptors (Lipinski definition) is 5. The van der Waals surface area contributed by atoms with Crippen LogP contribution in [0.25, 0.3) is 0 Å². The van der Waals surface area contributed by atoms with Gasteiger partial charge in [-0.05, 0) is 12.8 Å². The van der Waals surface area contributed by atoms with Crippen LogP contribution in [0.15, 0.2) is 0 Å². The van der Waals surface area contributed by atoms with E-state index in [0.29, 0.717) is 12.5 Å². The van der Waals surface area contributed by atoms with Crippen molar-refractivity contribution in [3.63, 3.8) is 0 Å². The van der Waals surface area contributed by atoms with Gasteiger partial charge in [0.1, 0.15) is 5.82 Å². The Morgan fingerprint density at radius 1 is 1.42 bits per heavy atom. The van der Waals surface area contributed by atoms with Gasteiger partial charge >= 0.3 is 0 Å². The van der Waals surface area contributed by atoms with Crippen molar-refractivity contribution in [2.24, 2.45) is 0 Å². The summed E-state index contributed by atoms with van der Waals surface area (Å²) in [6, 6.07) is 0. The Hall–Kier alpha value is -1.08. The molecule has 3 rings (SSSR count). The molecule has 1 saturated carbocycles. The average molecular weight is 281 g/mol. The minimum absolute atomic E-state index is 0.172. The van der Waals surface area contributed by atoms with E-state index in [0.717, 1.165) is 38.3 Å². The molecule has 1 aliphatic carbocycles. The van der Waals surface area contributed by atoms with Crippen LogP contribution in [0.4, 0.5) is 0 Å². The highest BCUT2D eigenvalue weighted by Gasteiger charge is 2.28. The topological polar surface area (TPSA) is 73.9 Å². The van der Waals surface area contributed by atoms with Gasteiger partial charge in [-0.25, -0.2) is 4.98 Å². The van der Waals surface area contributed by atoms with Gasteiger partial charge in [0.15, 0.2) is 0 Å². The largest absolute Gasteiger partial charge is 0.348 e. The van der Waals surface area contributed by atoms with Crippen LogP contribution in [0.3, 0.4) is 0 Å². The number of carbonyl (C=O) groups excluding carboxylic acids is 1. The molecular formula is C12H19N5OS. The highest BCUT2D eigenvalue weighted by atomic mass is 32.2. The molecule has 0 atom stereocenters. The summed E-state index contributed by atoms with van der Waals surface area (Å²) in [4.78, 5) is 18.5. The number of nitrogens with one attached hydrogen (secondary N) is 2. The first kappa shape index (κ1) is 12.9. The fraction of sp³-hybridized carbons (Fsp3) is 0.750. The van der Waals surface area contributed by atoms with Crippen LogP contribution in [0.1, 0.15) is 35.2 Å². The fourth-order valence-electron chi connectivity index (χ4n) is 2.15. The third kappa shape index (κ3) is 3.48. The van der Waals surface area contributed by atoms with Crippen LogP contribution in [-0.4, -0.2) is 63.7 Å². The van der Waals surface area contributed by atoms with E-state index < -0.39 is 0 Å². The van der Waals surface area contributed by atoms with Crippen molar-refractivity contribution >= 4 is 17.7 Å². The van der Waals surface area contributed by atoms with Gasteiger partial charge in [-0.1, -0.05) is 0 Å². The van der Waals surface area contributed by atoms with Gasteiger partial charge in [0.05, 0.1) is 0 Å². The van der Waals surface area contributed by atoms with E-state index in [1.54, 1.807) is 0 Å². The Balaban J connectivity index is 1.42. The molecule has 0 aromatic carbocycles. The minimum atomic E-state index is -0.172. The van der Waals surface area contributed by atoms with E-state index in [1.807, 2.05) is 11.8 Å². The Morgan fingerprint density at radius 3 is 2.95 bits per heavy atom. The molecule has 1 aromatic heterocycles. The van der Waals surface area contributed by atoms with Gasteiger partial charge in [0.25, 0.3) is 5.91 Å². The molecule has 2 heterocycles. The predicted molar refractivity (Wildman–Crippen MR) is 74.5 cm³/mol. The standard InChI is InChI=1S/C12H19N5OS/c18-12(11-14-10(15-16-11)9-1-2-9)13-3-4-17-5-7-19-8-6-17/h9H,1-8H2,(H,13,18)(H,14,15,16). The second-order valence-corrected chi connectivity index (χ2v) is 6.25. The summed E-state index contributed by atoms with van der Waals surface area (Å²) in [5.74, 6) is 3.85. The molecule has 2 aliphatic rings. The Bertz CT molecular complexity index is 439. The number of aromatic amines is 1. The number of amides is 1. The van der Waals surface area contributed by atoms with E-state index in [2.05, 4.69) is 25.4 Å². The minimum Gasteiger partial charge on any atom is -0.348 e. The van der Waals surface area contributed by atoms with E-state index in [9.17, 15) is 4.79 Å². The van der Waals surface area contributed by atoms with E-state index in [-0.39, 0.29) is 11.7 Å². The van der Waals surface area contributed by atoms with Crippen molar-refractivity contribution in [1.82, 2.24) is 25.4 Å². The lowest BCUT2D eigenvalue weighted by molar-refractivity contribution is 0.0939. The third-order valence-corrected chi connectivity index (χ3v) is 4.43. The van der Waals surface area contributed by atoms with Gasteiger partial charge in [-0.2, -0.15) is 11.8 Å². The quantitative estimate of drug-likeness (QED) is 0.820. The molecule has 0 radical (unpaired) electrons. The van der Waals surface area contributed by atoms with Crippen LogP contribution in [0.2, 0.25) is 0 Å². The second kappa shape index (κ2) is 5.92. The lowest BCUT2D eigenvalue weighted by Gasteiger charge is -2.25. The van der Waals surface area contributed by atoms with Gasteiger partial charge in [-0.3, -0.25) is 14.8 Å². The Kier molecular flexibility index (Phi) is 4.03. The summed E-state index contributed by atoms with van der Waals surface area (Å²) in [6.45, 7) is 3.81. The number of carbonyl (C=O) groups is 1. The normalized spacial score (nSPS) is 20.4. The van der Waals surface area contributed by atoms with E-state index in [4.69, 9.17) is 0 Å². The summed E-state index contributed by atoms with van der Waals surface area (Å²) in [6.07, 6.45) is 2.31.